The van der Waals surface area contributed by atoms with Crippen molar-refractivity contribution in [3.05, 3.63) is 29.8 Å². The first kappa shape index (κ1) is 74.1. The van der Waals surface area contributed by atoms with Crippen molar-refractivity contribution in [1.29, 1.82) is 0 Å². The van der Waals surface area contributed by atoms with E-state index in [1.165, 1.54) is 39.8 Å². The van der Waals surface area contributed by atoms with Gasteiger partial charge in [0.05, 0.1) is 17.4 Å². The Kier molecular flexibility index (Phi) is 31.9. The van der Waals surface area contributed by atoms with E-state index in [1.54, 1.807) is 19.1 Å². The SMILES string of the molecule is CCCC[C@H](CC(=O)C(C)(C)NC(=O)[C@@H](Cc1ccc(O)cc1)NC(C)=O)C(=O)C[C@@H](CCCCNC(=O)CC[C@H](CC(=O)CC[C@H](NC(=O)CC[C@H](CC(=O)C1CCC(CNC(=O)CC)CC1)C(=O)O)C(=O)O)C(=O)O)C(=O)C1CCC[C@H]1C(C)=O. The molecule has 2 fully saturated rings. The van der Waals surface area contributed by atoms with Crippen LogP contribution in [0.2, 0.25) is 0 Å². The predicted molar refractivity (Wildman–Crippen MR) is 318 cm³/mol. The summed E-state index contributed by atoms with van der Waals surface area (Å²) in [6.07, 6.45) is 4.00. The third-order valence-electron chi connectivity index (χ3n) is 17.2. The number of Topliss-reactive ketones (excluding diaryl/α,β-unsaturated/α-hetero) is 6. The molecule has 8 atom stereocenters. The molecule has 23 nitrogen and oxygen atoms in total. The first-order valence-electron chi connectivity index (χ1n) is 31.1. The molecule has 1 unspecified atom stereocenters. The number of carboxylic acid groups (broad SMARTS) is 3. The summed E-state index contributed by atoms with van der Waals surface area (Å²) in [5, 5.41) is 52.5. The molecule has 0 aromatic heterocycles. The molecule has 2 aliphatic carbocycles. The highest BCUT2D eigenvalue weighted by molar-refractivity contribution is 5.99. The number of carbonyl (C=O) groups is 14. The van der Waals surface area contributed by atoms with Gasteiger partial charge in [-0.15, -0.1) is 0 Å². The molecule has 0 heterocycles. The number of benzene rings is 1. The minimum absolute atomic E-state index is 0.0214. The van der Waals surface area contributed by atoms with Crippen LogP contribution in [0.15, 0.2) is 24.3 Å². The van der Waals surface area contributed by atoms with Crippen molar-refractivity contribution < 1.29 is 87.5 Å². The molecule has 5 amide bonds. The van der Waals surface area contributed by atoms with Crippen LogP contribution in [0.1, 0.15) is 201 Å². The Morgan fingerprint density at radius 1 is 0.586 bits per heavy atom. The monoisotopic (exact) mass is 1220 g/mol. The van der Waals surface area contributed by atoms with Crippen LogP contribution in [-0.4, -0.2) is 133 Å². The lowest BCUT2D eigenvalue weighted by Gasteiger charge is -2.30. The molecule has 0 radical (unpaired) electrons. The molecule has 2 saturated carbocycles. The third kappa shape index (κ3) is 26.8. The van der Waals surface area contributed by atoms with Crippen LogP contribution < -0.4 is 26.6 Å². The number of hydrogen-bond donors (Lipinski definition) is 9. The molecule has 0 bridgehead atoms. The molecule has 23 heteroatoms. The van der Waals surface area contributed by atoms with Gasteiger partial charge in [-0.25, -0.2) is 4.79 Å². The number of carbonyl (C=O) groups excluding carboxylic acids is 11. The number of aromatic hydroxyl groups is 1. The van der Waals surface area contributed by atoms with Gasteiger partial charge in [0.2, 0.25) is 29.5 Å². The molecule has 0 aliphatic heterocycles. The number of unbranched alkanes of at least 4 members (excludes halogenated alkanes) is 2. The Bertz CT molecular complexity index is 2570. The van der Waals surface area contributed by atoms with Gasteiger partial charge >= 0.3 is 17.9 Å². The van der Waals surface area contributed by atoms with Crippen molar-refractivity contribution >= 4 is 82.1 Å². The fourth-order valence-corrected chi connectivity index (χ4v) is 11.7. The van der Waals surface area contributed by atoms with Gasteiger partial charge in [-0.2, -0.15) is 0 Å². The van der Waals surface area contributed by atoms with E-state index in [-0.39, 0.29) is 105 Å². The maximum atomic E-state index is 14.3. The van der Waals surface area contributed by atoms with Crippen LogP contribution in [-0.2, 0) is 73.5 Å². The summed E-state index contributed by atoms with van der Waals surface area (Å²) in [4.78, 5) is 181. The van der Waals surface area contributed by atoms with E-state index in [4.69, 9.17) is 0 Å². The number of carboxylic acids is 3. The highest BCUT2D eigenvalue weighted by Gasteiger charge is 2.41. The first-order valence-corrected chi connectivity index (χ1v) is 31.1. The zero-order chi connectivity index (χ0) is 65.0. The van der Waals surface area contributed by atoms with Crippen molar-refractivity contribution in [2.24, 2.45) is 47.3 Å². The number of aliphatic carboxylic acids is 3. The number of phenols is 1. The smallest absolute Gasteiger partial charge is 0.326 e. The largest absolute Gasteiger partial charge is 0.508 e. The summed E-state index contributed by atoms with van der Waals surface area (Å²) < 4.78 is 0. The first-order chi connectivity index (χ1) is 41.0. The summed E-state index contributed by atoms with van der Waals surface area (Å²) in [5.41, 5.74) is -0.830. The summed E-state index contributed by atoms with van der Waals surface area (Å²) in [6, 6.07) is 3.48. The van der Waals surface area contributed by atoms with Gasteiger partial charge in [0.1, 0.15) is 46.7 Å². The molecule has 1 aromatic rings. The minimum Gasteiger partial charge on any atom is -0.508 e. The zero-order valence-corrected chi connectivity index (χ0v) is 51.7. The molecule has 87 heavy (non-hydrogen) atoms. The van der Waals surface area contributed by atoms with E-state index in [1.807, 2.05) is 6.92 Å². The van der Waals surface area contributed by atoms with E-state index in [0.29, 0.717) is 95.6 Å². The molecule has 2 aliphatic rings. The molecule has 1 aromatic carbocycles. The van der Waals surface area contributed by atoms with Crippen LogP contribution in [0.4, 0.5) is 0 Å². The van der Waals surface area contributed by atoms with Gasteiger partial charge in [-0.3, -0.25) is 62.3 Å². The van der Waals surface area contributed by atoms with Crippen LogP contribution in [0.3, 0.4) is 0 Å². The van der Waals surface area contributed by atoms with Crippen LogP contribution in [0.5, 0.6) is 5.75 Å². The van der Waals surface area contributed by atoms with Gasteiger partial charge in [0.25, 0.3) is 0 Å². The van der Waals surface area contributed by atoms with E-state index < -0.39 is 132 Å². The Labute approximate surface area is 510 Å². The fourth-order valence-electron chi connectivity index (χ4n) is 11.7. The number of phenolic OH excluding ortho intramolecular Hbond substituents is 1. The maximum Gasteiger partial charge on any atom is 0.326 e. The summed E-state index contributed by atoms with van der Waals surface area (Å²) in [6.45, 7) is 10.1. The van der Waals surface area contributed by atoms with E-state index in [0.717, 1.165) is 0 Å². The lowest BCUT2D eigenvalue weighted by molar-refractivity contribution is -0.145. The standard InChI is InChI=1S/C64H95N5O18/c1-7-9-13-43(36-55(76)64(5,6)69-60(81)52(67-39(4)71)32-40-19-25-47(72)26-20-40)54(75)34-44(59(80)50-16-12-15-49(50)38(3)70)14-10-11-31-65-57(78)29-23-45(61(82)83)33-48(73)27-28-51(63(86)87)68-58(79)30-24-46(62(84)85)35-53(74)42-21-17-41(18-22-42)37-66-56(77)8-2/h19-20,25-26,41-46,49-52,72H,7-18,21-24,27-37H2,1-6H3,(H,65,78)(H,66,77)(H,67,71)(H,68,79)(H,69,81)(H,82,83)(H,84,85)(H,86,87)/t41?,42?,43-,44-,45-,46-,49+,50?,51+,52-/m1/s1. The van der Waals surface area contributed by atoms with Crippen molar-refractivity contribution in [3.8, 4) is 5.75 Å². The minimum atomic E-state index is -1.56. The van der Waals surface area contributed by atoms with Gasteiger partial charge < -0.3 is 47.0 Å². The zero-order valence-electron chi connectivity index (χ0n) is 51.7. The number of hydrogen-bond acceptors (Lipinski definition) is 15. The Hall–Kier alpha value is -7.20. The topological polar surface area (TPSA) is 380 Å². The van der Waals surface area contributed by atoms with Gasteiger partial charge in [-0.05, 0) is 121 Å². The lowest BCUT2D eigenvalue weighted by atomic mass is 9.77. The normalized spacial score (nSPS) is 18.7. The lowest BCUT2D eigenvalue weighted by Crippen LogP contribution is -2.57. The number of nitrogens with one attached hydrogen (secondary N) is 5. The molecule has 9 N–H and O–H groups in total. The maximum absolute atomic E-state index is 14.3. The van der Waals surface area contributed by atoms with Gasteiger partial charge in [-0.1, -0.05) is 51.7 Å². The number of amides is 5. The second-order valence-electron chi connectivity index (χ2n) is 24.5. The van der Waals surface area contributed by atoms with Crippen molar-refractivity contribution in [2.75, 3.05) is 13.1 Å². The quantitative estimate of drug-likeness (QED) is 0.0334. The average molecular weight is 1220 g/mol. The highest BCUT2D eigenvalue weighted by Crippen LogP contribution is 2.37. The fraction of sp³-hybridized carbons (Fsp3) is 0.688. The molecule has 0 saturated heterocycles. The third-order valence-corrected chi connectivity index (χ3v) is 17.2. The molecule has 484 valence electrons. The summed E-state index contributed by atoms with van der Waals surface area (Å²) in [7, 11) is 0. The summed E-state index contributed by atoms with van der Waals surface area (Å²) >= 11 is 0. The Morgan fingerprint density at radius 3 is 1.78 bits per heavy atom. The Balaban J connectivity index is 1.53. The second-order valence-corrected chi connectivity index (χ2v) is 24.5. The average Bonchev–Trinajstić information content (AvgIpc) is 3.13. The van der Waals surface area contributed by atoms with Gasteiger partial charge in [0.15, 0.2) is 5.78 Å². The molecule has 0 spiro atoms. The predicted octanol–water partition coefficient (Wildman–Crippen LogP) is 6.10. The highest BCUT2D eigenvalue weighted by atomic mass is 16.4. The second kappa shape index (κ2) is 37.5. The van der Waals surface area contributed by atoms with Crippen molar-refractivity contribution in [3.63, 3.8) is 0 Å². The molecular weight excluding hydrogens is 1130 g/mol. The van der Waals surface area contributed by atoms with Crippen LogP contribution in [0.25, 0.3) is 0 Å². The van der Waals surface area contributed by atoms with Crippen LogP contribution in [0, 0.1) is 47.3 Å². The number of rotatable bonds is 43. The van der Waals surface area contributed by atoms with Crippen molar-refractivity contribution in [2.45, 2.75) is 220 Å². The van der Waals surface area contributed by atoms with Crippen LogP contribution >= 0.6 is 0 Å². The number of ketones is 6. The molecular formula is C64H95N5O18. The van der Waals surface area contributed by atoms with E-state index in [9.17, 15) is 87.5 Å². The van der Waals surface area contributed by atoms with Crippen molar-refractivity contribution in [1.82, 2.24) is 26.6 Å². The Morgan fingerprint density at radius 2 is 1.20 bits per heavy atom. The van der Waals surface area contributed by atoms with E-state index in [2.05, 4.69) is 26.6 Å². The van der Waals surface area contributed by atoms with E-state index >= 15 is 0 Å². The van der Waals surface area contributed by atoms with Gasteiger partial charge in [0, 0.05) is 107 Å². The molecule has 3 rings (SSSR count). The summed E-state index contributed by atoms with van der Waals surface area (Å²) in [5.74, 6) is -13.8.